The molecule has 1 aromatic carbocycles. The molecule has 252 valence electrons. The molecule has 0 spiro atoms. The zero-order valence-electron chi connectivity index (χ0n) is 26.4. The molecule has 4 bridgehead atoms. The molecule has 0 saturated carbocycles. The van der Waals surface area contributed by atoms with Crippen LogP contribution in [0.25, 0.3) is 0 Å². The minimum atomic E-state index is -0.642. The van der Waals surface area contributed by atoms with Gasteiger partial charge in [-0.05, 0) is 24.3 Å². The predicted molar refractivity (Wildman–Crippen MR) is 180 cm³/mol. The van der Waals surface area contributed by atoms with Crippen LogP contribution in [0.1, 0.15) is 75.3 Å². The molecule has 2 atom stereocenters. The molecule has 14 nitrogen and oxygen atoms in total. The molecule has 3 aromatic heterocycles. The summed E-state index contributed by atoms with van der Waals surface area (Å²) in [5.41, 5.74) is 0.158. The van der Waals surface area contributed by atoms with E-state index in [0.29, 0.717) is 22.9 Å². The number of aryl methyl sites for hydroxylation is 1. The fourth-order valence-electron chi connectivity index (χ4n) is 5.13. The number of aromatic amines is 1. The number of hydrogen-bond donors (Lipinski definition) is 4. The Morgan fingerprint density at radius 1 is 0.938 bits per heavy atom. The van der Waals surface area contributed by atoms with E-state index < -0.39 is 47.0 Å². The van der Waals surface area contributed by atoms with E-state index in [1.807, 2.05) is 44.2 Å². The average Bonchev–Trinajstić information content (AvgIpc) is 3.75. The second-order valence-corrected chi connectivity index (χ2v) is 13.4. The number of nitrogens with one attached hydrogen (secondary N) is 4. The van der Waals surface area contributed by atoms with Gasteiger partial charge >= 0.3 is 5.69 Å². The highest BCUT2D eigenvalue weighted by atomic mass is 32.1. The van der Waals surface area contributed by atoms with Crippen LogP contribution in [-0.4, -0.2) is 67.7 Å². The van der Waals surface area contributed by atoms with Crippen LogP contribution in [0.3, 0.4) is 0 Å². The van der Waals surface area contributed by atoms with E-state index in [1.54, 1.807) is 10.8 Å². The van der Waals surface area contributed by atoms with Crippen LogP contribution in [0.2, 0.25) is 0 Å². The van der Waals surface area contributed by atoms with E-state index in [2.05, 4.69) is 30.9 Å². The molecule has 0 saturated heterocycles. The molecule has 5 rings (SSSR count). The summed E-state index contributed by atoms with van der Waals surface area (Å²) >= 11 is 2.53. The van der Waals surface area contributed by atoms with Crippen LogP contribution in [0, 0.1) is 5.92 Å². The summed E-state index contributed by atoms with van der Waals surface area (Å²) in [5, 5.41) is 13.2. The average molecular weight is 693 g/mol. The van der Waals surface area contributed by atoms with Crippen LogP contribution in [0.4, 0.5) is 0 Å². The predicted octanol–water partition coefficient (Wildman–Crippen LogP) is 2.03. The van der Waals surface area contributed by atoms with Gasteiger partial charge in [-0.25, -0.2) is 14.8 Å². The maximum absolute atomic E-state index is 13.5. The number of carbonyl (C=O) groups excluding carboxylic acids is 4. The molecule has 16 heteroatoms. The lowest BCUT2D eigenvalue weighted by molar-refractivity contribution is -0.136. The summed E-state index contributed by atoms with van der Waals surface area (Å²) in [6.45, 7) is 3.96. The van der Waals surface area contributed by atoms with Crippen LogP contribution in [-0.2, 0) is 22.6 Å². The van der Waals surface area contributed by atoms with Crippen molar-refractivity contribution in [2.75, 3.05) is 19.6 Å². The van der Waals surface area contributed by atoms with Gasteiger partial charge in [0.15, 0.2) is 0 Å². The maximum Gasteiger partial charge on any atom is 0.328 e. The molecule has 1 aliphatic heterocycles. The van der Waals surface area contributed by atoms with Crippen molar-refractivity contribution < 1.29 is 19.2 Å². The second-order valence-electron chi connectivity index (χ2n) is 11.6. The summed E-state index contributed by atoms with van der Waals surface area (Å²) in [6, 6.07) is 9.68. The standard InChI is InChI=1S/C32H36N8O6S2/c1-19(2)27-31-36-22(17-48-31)28(44)33-11-6-12-40(26(43)10-14-39-13-9-24(41)37-32(39)46)16-25(42)34-21(15-20-7-4-3-5-8-20)30-35-23(18-47-30)29(45)38-27/h3-5,7-9,13,17-19,21,27H,6,10-12,14-16H2,1-2H3,(H,33,44)(H,34,42)(H,38,45)(H,37,41,46)/t21-,27-/m0/s1. The van der Waals surface area contributed by atoms with E-state index in [1.165, 1.54) is 44.4 Å². The lowest BCUT2D eigenvalue weighted by Gasteiger charge is -2.24. The first-order valence-electron chi connectivity index (χ1n) is 15.5. The number of rotatable bonds is 6. The van der Waals surface area contributed by atoms with Gasteiger partial charge in [0.25, 0.3) is 17.4 Å². The summed E-state index contributed by atoms with van der Waals surface area (Å²) in [6.07, 6.45) is 1.94. The van der Waals surface area contributed by atoms with Gasteiger partial charge in [-0.2, -0.15) is 0 Å². The molecule has 4 heterocycles. The third-order valence-electron chi connectivity index (χ3n) is 7.69. The van der Waals surface area contributed by atoms with Gasteiger partial charge < -0.3 is 25.4 Å². The van der Waals surface area contributed by atoms with Crippen molar-refractivity contribution in [3.05, 3.63) is 101 Å². The van der Waals surface area contributed by atoms with Crippen LogP contribution in [0.15, 0.2) is 62.9 Å². The molecule has 0 radical (unpaired) electrons. The van der Waals surface area contributed by atoms with E-state index in [0.717, 1.165) is 5.56 Å². The Bertz CT molecular complexity index is 1880. The van der Waals surface area contributed by atoms with E-state index in [9.17, 15) is 28.8 Å². The molecule has 0 unspecified atom stereocenters. The van der Waals surface area contributed by atoms with Crippen molar-refractivity contribution in [3.63, 3.8) is 0 Å². The summed E-state index contributed by atoms with van der Waals surface area (Å²) in [4.78, 5) is 89.5. The van der Waals surface area contributed by atoms with Crippen LogP contribution >= 0.6 is 22.7 Å². The number of carbonyl (C=O) groups is 4. The number of hydrogen-bond acceptors (Lipinski definition) is 10. The van der Waals surface area contributed by atoms with E-state index >= 15 is 0 Å². The molecule has 0 fully saturated rings. The van der Waals surface area contributed by atoms with Crippen molar-refractivity contribution >= 4 is 46.3 Å². The Morgan fingerprint density at radius 2 is 1.65 bits per heavy atom. The SMILES string of the molecule is CC(C)[C@@H]1NC(=O)c2csc(n2)[C@H](Cc2ccccc2)NC(=O)CN(C(=O)CCn2ccc(=O)[nH]c2=O)CCCNC(=O)c2csc1n2. The van der Waals surface area contributed by atoms with Crippen molar-refractivity contribution in [1.29, 1.82) is 0 Å². The van der Waals surface area contributed by atoms with Crippen LogP contribution in [0.5, 0.6) is 0 Å². The molecule has 1 aliphatic rings. The fraction of sp³-hybridized carbons (Fsp3) is 0.375. The lowest BCUT2D eigenvalue weighted by atomic mass is 10.0. The maximum atomic E-state index is 13.5. The van der Waals surface area contributed by atoms with Crippen molar-refractivity contribution in [1.82, 2.24) is 40.4 Å². The Labute approximate surface area is 283 Å². The molecule has 4 amide bonds. The first-order chi connectivity index (χ1) is 23.1. The van der Waals surface area contributed by atoms with E-state index in [4.69, 9.17) is 0 Å². The number of thiazole rings is 2. The Hall–Kier alpha value is -4.96. The number of nitrogens with zero attached hydrogens (tertiary/aromatic N) is 4. The monoisotopic (exact) mass is 692 g/mol. The highest BCUT2D eigenvalue weighted by Crippen LogP contribution is 2.27. The van der Waals surface area contributed by atoms with Crippen LogP contribution < -0.4 is 27.2 Å². The molecule has 48 heavy (non-hydrogen) atoms. The number of fused-ring (bicyclic) bond motifs is 4. The highest BCUT2D eigenvalue weighted by molar-refractivity contribution is 7.10. The number of benzene rings is 1. The normalized spacial score (nSPS) is 17.9. The quantitative estimate of drug-likeness (QED) is 0.236. The van der Waals surface area contributed by atoms with Gasteiger partial charge in [0.1, 0.15) is 21.4 Å². The van der Waals surface area contributed by atoms with Crippen molar-refractivity contribution in [3.8, 4) is 0 Å². The smallest absolute Gasteiger partial charge is 0.328 e. The summed E-state index contributed by atoms with van der Waals surface area (Å²) in [5.74, 6) is -1.66. The van der Waals surface area contributed by atoms with Crippen molar-refractivity contribution in [2.45, 2.75) is 51.7 Å². The minimum absolute atomic E-state index is 0.00653. The van der Waals surface area contributed by atoms with Gasteiger partial charge in [-0.3, -0.25) is 29.0 Å². The number of H-pyrrole nitrogens is 1. The summed E-state index contributed by atoms with van der Waals surface area (Å²) in [7, 11) is 0. The molecule has 4 N–H and O–H groups in total. The van der Waals surface area contributed by atoms with Crippen molar-refractivity contribution in [2.24, 2.45) is 5.92 Å². The molecular formula is C32H36N8O6S2. The first-order valence-corrected chi connectivity index (χ1v) is 17.2. The van der Waals surface area contributed by atoms with E-state index in [-0.39, 0.29) is 49.9 Å². The Morgan fingerprint density at radius 3 is 2.38 bits per heavy atom. The minimum Gasteiger partial charge on any atom is -0.351 e. The topological polar surface area (TPSA) is 188 Å². The third-order valence-corrected chi connectivity index (χ3v) is 9.57. The fourth-order valence-corrected chi connectivity index (χ4v) is 7.00. The Balaban J connectivity index is 1.42. The lowest BCUT2D eigenvalue weighted by Crippen LogP contribution is -2.43. The molecule has 0 aliphatic carbocycles. The van der Waals surface area contributed by atoms with Gasteiger partial charge in [0.2, 0.25) is 11.8 Å². The zero-order valence-corrected chi connectivity index (χ0v) is 28.1. The van der Waals surface area contributed by atoms with Gasteiger partial charge in [-0.15, -0.1) is 22.7 Å². The number of aromatic nitrogens is 4. The molecule has 4 aromatic rings. The third kappa shape index (κ3) is 8.89. The van der Waals surface area contributed by atoms with Gasteiger partial charge in [0.05, 0.1) is 18.6 Å². The van der Waals surface area contributed by atoms with Gasteiger partial charge in [-0.1, -0.05) is 44.2 Å². The summed E-state index contributed by atoms with van der Waals surface area (Å²) < 4.78 is 1.21. The zero-order chi connectivity index (χ0) is 34.2. The second kappa shape index (κ2) is 15.8. The Kier molecular flexibility index (Phi) is 11.3. The van der Waals surface area contributed by atoms with Gasteiger partial charge in [0, 0.05) is 49.1 Å². The molecular weight excluding hydrogens is 657 g/mol. The largest absolute Gasteiger partial charge is 0.351 e. The highest BCUT2D eigenvalue weighted by Gasteiger charge is 2.27. The number of amides is 4. The first kappa shape index (κ1) is 34.4.